The molecule has 1 aromatic heterocycles. The molecule has 1 heterocycles. The van der Waals surface area contributed by atoms with Crippen molar-refractivity contribution in [2.75, 3.05) is 25.6 Å². The van der Waals surface area contributed by atoms with Crippen LogP contribution in [-0.4, -0.2) is 42.4 Å². The van der Waals surface area contributed by atoms with Gasteiger partial charge < -0.3 is 20.9 Å². The second-order valence-electron chi connectivity index (χ2n) is 5.22. The predicted molar refractivity (Wildman–Crippen MR) is 87.1 cm³/mol. The van der Waals surface area contributed by atoms with Gasteiger partial charge in [0.25, 0.3) is 0 Å². The van der Waals surface area contributed by atoms with E-state index in [-0.39, 0.29) is 0 Å². The number of hydrogen-bond acceptors (Lipinski definition) is 5. The molecule has 22 heavy (non-hydrogen) atoms. The van der Waals surface area contributed by atoms with Crippen molar-refractivity contribution in [2.24, 2.45) is 5.73 Å². The number of nitrogens with zero attached hydrogens (tertiary/aromatic N) is 1. The van der Waals surface area contributed by atoms with Crippen LogP contribution < -0.4 is 11.1 Å². The Bertz CT molecular complexity index is 466. The Morgan fingerprint density at radius 2 is 2.18 bits per heavy atom. The second-order valence-corrected chi connectivity index (χ2v) is 5.22. The Labute approximate surface area is 132 Å². The van der Waals surface area contributed by atoms with Crippen molar-refractivity contribution >= 4 is 11.8 Å². The van der Waals surface area contributed by atoms with E-state index in [1.165, 1.54) is 5.56 Å². The van der Waals surface area contributed by atoms with Crippen LogP contribution in [0, 0.1) is 0 Å². The van der Waals surface area contributed by atoms with Crippen molar-refractivity contribution in [3.05, 3.63) is 23.4 Å². The van der Waals surface area contributed by atoms with E-state index in [0.29, 0.717) is 19.6 Å². The molecule has 1 aromatic rings. The minimum absolute atomic E-state index is 0.348. The monoisotopic (exact) mass is 309 g/mol. The van der Waals surface area contributed by atoms with Crippen LogP contribution >= 0.6 is 0 Å². The molecular formula is C16H27N3O3. The largest absolute Gasteiger partial charge is 0.480 e. The molecule has 4 N–H and O–H groups in total. The summed E-state index contributed by atoms with van der Waals surface area (Å²) >= 11 is 0. The number of carboxylic acids is 1. The third-order valence-corrected chi connectivity index (χ3v) is 3.52. The molecule has 0 aliphatic rings. The first-order valence-electron chi connectivity index (χ1n) is 7.81. The predicted octanol–water partition coefficient (Wildman–Crippen LogP) is 1.83. The van der Waals surface area contributed by atoms with Gasteiger partial charge in [-0.1, -0.05) is 13.0 Å². The first-order valence-corrected chi connectivity index (χ1v) is 7.81. The molecule has 6 nitrogen and oxygen atoms in total. The summed E-state index contributed by atoms with van der Waals surface area (Å²) in [7, 11) is 1.89. The molecule has 124 valence electrons. The zero-order valence-electron chi connectivity index (χ0n) is 13.5. The maximum atomic E-state index is 10.5. The van der Waals surface area contributed by atoms with Crippen molar-refractivity contribution in [1.82, 2.24) is 4.98 Å². The van der Waals surface area contributed by atoms with Crippen LogP contribution in [0.15, 0.2) is 12.1 Å². The number of aromatic nitrogens is 1. The highest BCUT2D eigenvalue weighted by molar-refractivity contribution is 5.72. The molecule has 0 aliphatic carbocycles. The lowest BCUT2D eigenvalue weighted by Crippen LogP contribution is -2.31. The molecule has 1 atom stereocenters. The lowest BCUT2D eigenvalue weighted by Gasteiger charge is -2.09. The fourth-order valence-corrected chi connectivity index (χ4v) is 2.12. The quantitative estimate of drug-likeness (QED) is 0.540. The molecule has 0 amide bonds. The van der Waals surface area contributed by atoms with Crippen LogP contribution in [-0.2, 0) is 22.4 Å². The Morgan fingerprint density at radius 1 is 1.41 bits per heavy atom. The minimum atomic E-state index is -0.981. The Kier molecular flexibility index (Phi) is 8.47. The molecule has 0 aromatic carbocycles. The number of unbranched alkanes of at least 4 members (excludes halogenated alkanes) is 1. The van der Waals surface area contributed by atoms with Crippen LogP contribution in [0.1, 0.15) is 37.4 Å². The summed E-state index contributed by atoms with van der Waals surface area (Å²) in [5.74, 6) is -0.0237. The number of nitrogens with one attached hydrogen (secondary N) is 1. The summed E-state index contributed by atoms with van der Waals surface area (Å²) < 4.78 is 5.40. The molecule has 0 spiro atoms. The zero-order valence-corrected chi connectivity index (χ0v) is 13.5. The molecule has 1 unspecified atom stereocenters. The Hall–Kier alpha value is -1.66. The molecule has 6 heteroatoms. The van der Waals surface area contributed by atoms with Crippen molar-refractivity contribution in [3.63, 3.8) is 0 Å². The number of carboxylic acid groups (broad SMARTS) is 1. The lowest BCUT2D eigenvalue weighted by atomic mass is 10.1. The van der Waals surface area contributed by atoms with Crippen molar-refractivity contribution in [2.45, 2.75) is 45.1 Å². The van der Waals surface area contributed by atoms with Crippen LogP contribution in [0.5, 0.6) is 0 Å². The summed E-state index contributed by atoms with van der Waals surface area (Å²) in [6.45, 7) is 3.13. The van der Waals surface area contributed by atoms with Crippen molar-refractivity contribution in [3.8, 4) is 0 Å². The lowest BCUT2D eigenvalue weighted by molar-refractivity contribution is -0.139. The normalized spacial score (nSPS) is 12.1. The zero-order chi connectivity index (χ0) is 16.4. The van der Waals surface area contributed by atoms with E-state index in [4.69, 9.17) is 15.6 Å². The van der Waals surface area contributed by atoms with E-state index in [9.17, 15) is 4.79 Å². The number of aryl methyl sites for hydroxylation is 2. The Balaban J connectivity index is 2.18. The van der Waals surface area contributed by atoms with Gasteiger partial charge in [0.1, 0.15) is 11.9 Å². The fraction of sp³-hybridized carbons (Fsp3) is 0.625. The van der Waals surface area contributed by atoms with E-state index in [1.54, 1.807) is 0 Å². The van der Waals surface area contributed by atoms with Crippen molar-refractivity contribution < 1.29 is 14.6 Å². The number of nitrogens with two attached hydrogens (primary N) is 1. The smallest absolute Gasteiger partial charge is 0.320 e. The highest BCUT2D eigenvalue weighted by Crippen LogP contribution is 2.14. The number of pyridine rings is 1. The first-order chi connectivity index (χ1) is 10.6. The maximum absolute atomic E-state index is 10.5. The van der Waals surface area contributed by atoms with Crippen LogP contribution in [0.25, 0.3) is 0 Å². The van der Waals surface area contributed by atoms with E-state index in [2.05, 4.69) is 29.4 Å². The maximum Gasteiger partial charge on any atom is 0.320 e. The SMILES string of the molecule is CCc1ccc(CCCCOCCC(N)C(=O)O)nc1NC. The number of carbonyl (C=O) groups is 1. The van der Waals surface area contributed by atoms with Gasteiger partial charge in [-0.3, -0.25) is 4.79 Å². The molecular weight excluding hydrogens is 282 g/mol. The molecule has 0 fully saturated rings. The van der Waals surface area contributed by atoms with E-state index < -0.39 is 12.0 Å². The average molecular weight is 309 g/mol. The minimum Gasteiger partial charge on any atom is -0.480 e. The standard InChI is InChI=1S/C16H27N3O3/c1-3-12-7-8-13(19-15(12)18-2)6-4-5-10-22-11-9-14(17)16(20)21/h7-8,14H,3-6,9-11,17H2,1-2H3,(H,18,19)(H,20,21). The van der Waals surface area contributed by atoms with Gasteiger partial charge in [0, 0.05) is 26.0 Å². The van der Waals surface area contributed by atoms with Gasteiger partial charge in [-0.05, 0) is 43.7 Å². The second kappa shape index (κ2) is 10.1. The van der Waals surface area contributed by atoms with Gasteiger partial charge in [0.2, 0.25) is 0 Å². The third-order valence-electron chi connectivity index (χ3n) is 3.52. The molecule has 0 radical (unpaired) electrons. The van der Waals surface area contributed by atoms with Gasteiger partial charge >= 0.3 is 5.97 Å². The van der Waals surface area contributed by atoms with Crippen molar-refractivity contribution in [1.29, 1.82) is 0 Å². The fourth-order valence-electron chi connectivity index (χ4n) is 2.12. The topological polar surface area (TPSA) is 97.5 Å². The number of hydrogen-bond donors (Lipinski definition) is 3. The molecule has 0 saturated carbocycles. The van der Waals surface area contributed by atoms with Gasteiger partial charge in [-0.25, -0.2) is 4.98 Å². The third kappa shape index (κ3) is 6.41. The van der Waals surface area contributed by atoms with Crippen LogP contribution in [0.2, 0.25) is 0 Å². The van der Waals surface area contributed by atoms with Crippen LogP contribution in [0.3, 0.4) is 0 Å². The van der Waals surface area contributed by atoms with Gasteiger partial charge in [0.15, 0.2) is 0 Å². The summed E-state index contributed by atoms with van der Waals surface area (Å²) in [6.07, 6.45) is 4.15. The van der Waals surface area contributed by atoms with Crippen LogP contribution in [0.4, 0.5) is 5.82 Å². The van der Waals surface area contributed by atoms with Gasteiger partial charge in [-0.15, -0.1) is 0 Å². The molecule has 0 saturated heterocycles. The number of rotatable bonds is 11. The summed E-state index contributed by atoms with van der Waals surface area (Å²) in [5.41, 5.74) is 7.70. The summed E-state index contributed by atoms with van der Waals surface area (Å²) in [5, 5.41) is 11.8. The molecule has 0 aliphatic heterocycles. The highest BCUT2D eigenvalue weighted by Gasteiger charge is 2.10. The number of aliphatic carboxylic acids is 1. The first kappa shape index (κ1) is 18.4. The Morgan fingerprint density at radius 3 is 2.82 bits per heavy atom. The number of anilines is 1. The summed E-state index contributed by atoms with van der Waals surface area (Å²) in [6, 6.07) is 3.37. The average Bonchev–Trinajstić information content (AvgIpc) is 2.53. The summed E-state index contributed by atoms with van der Waals surface area (Å²) in [4.78, 5) is 15.1. The number of ether oxygens (including phenoxy) is 1. The van der Waals surface area contributed by atoms with Gasteiger partial charge in [0.05, 0.1) is 0 Å². The molecule has 0 bridgehead atoms. The van der Waals surface area contributed by atoms with E-state index in [1.807, 2.05) is 7.05 Å². The van der Waals surface area contributed by atoms with Gasteiger partial charge in [-0.2, -0.15) is 0 Å². The molecule has 1 rings (SSSR count). The highest BCUT2D eigenvalue weighted by atomic mass is 16.5. The van der Waals surface area contributed by atoms with E-state index >= 15 is 0 Å². The van der Waals surface area contributed by atoms with E-state index in [0.717, 1.165) is 37.2 Å².